The summed E-state index contributed by atoms with van der Waals surface area (Å²) in [5.41, 5.74) is 2.00. The SMILES string of the molecule is COc1cc(/C=C/C(=O)OCCc2ccccc2)ccc1O[Si](C)(C)C. The Morgan fingerprint density at radius 1 is 1.04 bits per heavy atom. The first-order valence-electron chi connectivity index (χ1n) is 8.63. The normalized spacial score (nSPS) is 11.4. The molecule has 138 valence electrons. The lowest BCUT2D eigenvalue weighted by molar-refractivity contribution is -0.137. The Labute approximate surface area is 156 Å². The topological polar surface area (TPSA) is 44.8 Å². The van der Waals surface area contributed by atoms with Crippen molar-refractivity contribution in [2.24, 2.45) is 0 Å². The molecular formula is C21H26O4Si. The molecule has 2 aromatic rings. The van der Waals surface area contributed by atoms with Gasteiger partial charge in [-0.15, -0.1) is 0 Å². The molecule has 0 aliphatic rings. The molecule has 0 radical (unpaired) electrons. The van der Waals surface area contributed by atoms with E-state index in [0.717, 1.165) is 16.9 Å². The number of hydrogen-bond acceptors (Lipinski definition) is 4. The molecule has 0 unspecified atom stereocenters. The predicted octanol–water partition coefficient (Wildman–Crippen LogP) is 4.71. The van der Waals surface area contributed by atoms with Crippen molar-refractivity contribution in [2.75, 3.05) is 13.7 Å². The third-order valence-electron chi connectivity index (χ3n) is 3.49. The number of rotatable bonds is 8. The Kier molecular flexibility index (Phi) is 7.03. The highest BCUT2D eigenvalue weighted by atomic mass is 28.4. The van der Waals surface area contributed by atoms with Crippen molar-refractivity contribution < 1.29 is 18.7 Å². The van der Waals surface area contributed by atoms with Crippen LogP contribution in [0.5, 0.6) is 11.5 Å². The summed E-state index contributed by atoms with van der Waals surface area (Å²) in [6, 6.07) is 15.6. The molecule has 0 saturated carbocycles. The van der Waals surface area contributed by atoms with Gasteiger partial charge in [0.2, 0.25) is 8.32 Å². The second-order valence-corrected chi connectivity index (χ2v) is 11.3. The van der Waals surface area contributed by atoms with Gasteiger partial charge >= 0.3 is 5.97 Å². The van der Waals surface area contributed by atoms with Gasteiger partial charge < -0.3 is 13.9 Å². The van der Waals surface area contributed by atoms with E-state index in [9.17, 15) is 4.79 Å². The predicted molar refractivity (Wildman–Crippen MR) is 107 cm³/mol. The number of ether oxygens (including phenoxy) is 2. The van der Waals surface area contributed by atoms with Crippen molar-refractivity contribution >= 4 is 20.4 Å². The van der Waals surface area contributed by atoms with Crippen LogP contribution in [0.2, 0.25) is 19.6 Å². The van der Waals surface area contributed by atoms with Crippen LogP contribution in [0.3, 0.4) is 0 Å². The number of hydrogen-bond donors (Lipinski definition) is 0. The highest BCUT2D eigenvalue weighted by molar-refractivity contribution is 6.70. The molecule has 0 saturated heterocycles. The first-order chi connectivity index (χ1) is 12.4. The Bertz CT molecular complexity index is 748. The van der Waals surface area contributed by atoms with Crippen LogP contribution >= 0.6 is 0 Å². The minimum atomic E-state index is -1.71. The molecule has 0 aliphatic carbocycles. The fourth-order valence-electron chi connectivity index (χ4n) is 2.33. The van der Waals surface area contributed by atoms with Crippen LogP contribution in [0.1, 0.15) is 11.1 Å². The minimum Gasteiger partial charge on any atom is -0.542 e. The zero-order valence-electron chi connectivity index (χ0n) is 15.8. The molecular weight excluding hydrogens is 344 g/mol. The maximum absolute atomic E-state index is 11.9. The average Bonchev–Trinajstić information content (AvgIpc) is 2.60. The summed E-state index contributed by atoms with van der Waals surface area (Å²) in [5, 5.41) is 0. The molecule has 0 amide bonds. The number of benzene rings is 2. The van der Waals surface area contributed by atoms with Crippen molar-refractivity contribution in [1.82, 2.24) is 0 Å². The standard InChI is InChI=1S/C21H26O4Si/c1-23-20-16-18(10-12-19(20)25-26(2,3)4)11-13-21(22)24-15-14-17-8-6-5-7-9-17/h5-13,16H,14-15H2,1-4H3/b13-11+. The van der Waals surface area contributed by atoms with Gasteiger partial charge in [0.1, 0.15) is 5.75 Å². The zero-order chi connectivity index (χ0) is 19.0. The van der Waals surface area contributed by atoms with Crippen molar-refractivity contribution in [1.29, 1.82) is 0 Å². The molecule has 0 fully saturated rings. The first kappa shape index (κ1) is 19.8. The lowest BCUT2D eigenvalue weighted by atomic mass is 10.2. The molecule has 0 heterocycles. The van der Waals surface area contributed by atoms with Gasteiger partial charge in [-0.2, -0.15) is 0 Å². The number of carbonyl (C=O) groups excluding carboxylic acids is 1. The van der Waals surface area contributed by atoms with E-state index in [2.05, 4.69) is 19.6 Å². The Morgan fingerprint density at radius 2 is 1.77 bits per heavy atom. The molecule has 0 atom stereocenters. The van der Waals surface area contributed by atoms with Crippen LogP contribution in [0, 0.1) is 0 Å². The van der Waals surface area contributed by atoms with Crippen molar-refractivity contribution in [3.63, 3.8) is 0 Å². The maximum atomic E-state index is 11.9. The number of carbonyl (C=O) groups is 1. The molecule has 0 spiro atoms. The summed E-state index contributed by atoms with van der Waals surface area (Å²) in [6.45, 7) is 6.71. The van der Waals surface area contributed by atoms with Crippen LogP contribution in [-0.4, -0.2) is 28.0 Å². The molecule has 2 aromatic carbocycles. The summed E-state index contributed by atoms with van der Waals surface area (Å²) in [6.07, 6.45) is 3.85. The largest absolute Gasteiger partial charge is 0.542 e. The second-order valence-electron chi connectivity index (χ2n) is 6.86. The Hall–Kier alpha value is -2.53. The molecule has 5 heteroatoms. The lowest BCUT2D eigenvalue weighted by Crippen LogP contribution is -2.29. The van der Waals surface area contributed by atoms with Crippen LogP contribution in [0.4, 0.5) is 0 Å². The maximum Gasteiger partial charge on any atom is 0.330 e. The molecule has 26 heavy (non-hydrogen) atoms. The quantitative estimate of drug-likeness (QED) is 0.383. The smallest absolute Gasteiger partial charge is 0.330 e. The van der Waals surface area contributed by atoms with Gasteiger partial charge in [-0.05, 0) is 49.0 Å². The highest BCUT2D eigenvalue weighted by Crippen LogP contribution is 2.30. The van der Waals surface area contributed by atoms with Crippen LogP contribution in [0.25, 0.3) is 6.08 Å². The van der Waals surface area contributed by atoms with Gasteiger partial charge in [-0.25, -0.2) is 4.79 Å². The molecule has 4 nitrogen and oxygen atoms in total. The van der Waals surface area contributed by atoms with Crippen LogP contribution < -0.4 is 9.16 Å². The van der Waals surface area contributed by atoms with Gasteiger partial charge in [0.25, 0.3) is 0 Å². The lowest BCUT2D eigenvalue weighted by Gasteiger charge is -2.21. The number of esters is 1. The summed E-state index contributed by atoms with van der Waals surface area (Å²) < 4.78 is 16.6. The molecule has 2 rings (SSSR count). The summed E-state index contributed by atoms with van der Waals surface area (Å²) in [4.78, 5) is 11.9. The Morgan fingerprint density at radius 3 is 2.42 bits per heavy atom. The third kappa shape index (κ3) is 6.76. The minimum absolute atomic E-state index is 0.359. The van der Waals surface area contributed by atoms with Gasteiger partial charge in [0.15, 0.2) is 5.75 Å². The van der Waals surface area contributed by atoms with E-state index >= 15 is 0 Å². The van der Waals surface area contributed by atoms with E-state index in [4.69, 9.17) is 13.9 Å². The summed E-state index contributed by atoms with van der Waals surface area (Å²) in [7, 11) is -0.106. The third-order valence-corrected chi connectivity index (χ3v) is 4.33. The van der Waals surface area contributed by atoms with Crippen LogP contribution in [0.15, 0.2) is 54.6 Å². The fourth-order valence-corrected chi connectivity index (χ4v) is 3.16. The monoisotopic (exact) mass is 370 g/mol. The number of methoxy groups -OCH3 is 1. The van der Waals surface area contributed by atoms with Crippen molar-refractivity contribution in [3.05, 3.63) is 65.7 Å². The summed E-state index contributed by atoms with van der Waals surface area (Å²) >= 11 is 0. The summed E-state index contributed by atoms with van der Waals surface area (Å²) in [5.74, 6) is 1.03. The average molecular weight is 371 g/mol. The highest BCUT2D eigenvalue weighted by Gasteiger charge is 2.18. The van der Waals surface area contributed by atoms with E-state index in [-0.39, 0.29) is 5.97 Å². The van der Waals surface area contributed by atoms with Gasteiger partial charge in [0.05, 0.1) is 13.7 Å². The zero-order valence-corrected chi connectivity index (χ0v) is 16.8. The van der Waals surface area contributed by atoms with Crippen LogP contribution in [-0.2, 0) is 16.0 Å². The van der Waals surface area contributed by atoms with Crippen molar-refractivity contribution in [3.8, 4) is 11.5 Å². The fraction of sp³-hybridized carbons (Fsp3) is 0.286. The van der Waals surface area contributed by atoms with Crippen molar-refractivity contribution in [2.45, 2.75) is 26.1 Å². The van der Waals surface area contributed by atoms with E-state index in [1.54, 1.807) is 13.2 Å². The van der Waals surface area contributed by atoms with Gasteiger partial charge in [-0.3, -0.25) is 0 Å². The Balaban J connectivity index is 1.91. The molecule has 0 aromatic heterocycles. The molecule has 0 bridgehead atoms. The van der Waals surface area contributed by atoms with Gasteiger partial charge in [0, 0.05) is 12.5 Å². The molecule has 0 aliphatic heterocycles. The first-order valence-corrected chi connectivity index (χ1v) is 12.0. The van der Waals surface area contributed by atoms with E-state index in [1.807, 2.05) is 48.5 Å². The van der Waals surface area contributed by atoms with Gasteiger partial charge in [-0.1, -0.05) is 36.4 Å². The van der Waals surface area contributed by atoms with E-state index in [0.29, 0.717) is 18.8 Å². The second kappa shape index (κ2) is 9.24. The van der Waals surface area contributed by atoms with E-state index in [1.165, 1.54) is 6.08 Å². The molecule has 0 N–H and O–H groups in total. The van der Waals surface area contributed by atoms with E-state index < -0.39 is 8.32 Å².